The summed E-state index contributed by atoms with van der Waals surface area (Å²) in [5.41, 5.74) is -0.0497. The lowest BCUT2D eigenvalue weighted by molar-refractivity contribution is -0.384. The summed E-state index contributed by atoms with van der Waals surface area (Å²) in [6.45, 7) is 0. The zero-order valence-electron chi connectivity index (χ0n) is 12.8. The highest BCUT2D eigenvalue weighted by atomic mass is 32.2. The molecule has 26 heavy (non-hydrogen) atoms. The van der Waals surface area contributed by atoms with Crippen LogP contribution in [0.2, 0.25) is 0 Å². The van der Waals surface area contributed by atoms with Crippen molar-refractivity contribution < 1.29 is 26.3 Å². The van der Waals surface area contributed by atoms with Crippen LogP contribution < -0.4 is 4.18 Å². The molecule has 0 unspecified atom stereocenters. The molecule has 6 nitrogen and oxygen atoms in total. The van der Waals surface area contributed by atoms with Crippen LogP contribution in [0.25, 0.3) is 10.4 Å². The van der Waals surface area contributed by atoms with E-state index in [1.807, 2.05) is 0 Å². The molecule has 0 bridgehead atoms. The minimum Gasteiger partial charge on any atom is -0.378 e. The van der Waals surface area contributed by atoms with E-state index >= 15 is 0 Å². The molecular weight excluding hydrogens is 388 g/mol. The first-order chi connectivity index (χ1) is 12.3. The second kappa shape index (κ2) is 6.81. The third-order valence-electron chi connectivity index (χ3n) is 3.34. The van der Waals surface area contributed by atoms with Crippen molar-refractivity contribution in [2.75, 3.05) is 0 Å². The van der Waals surface area contributed by atoms with Crippen LogP contribution in [0.3, 0.4) is 0 Å². The molecule has 3 aromatic rings. The van der Waals surface area contributed by atoms with Crippen LogP contribution in [0.5, 0.6) is 5.75 Å². The first-order valence-electron chi connectivity index (χ1n) is 7.00. The van der Waals surface area contributed by atoms with Crippen molar-refractivity contribution in [3.05, 3.63) is 75.7 Å². The number of rotatable bonds is 5. The number of nitro benzene ring substituents is 1. The fourth-order valence-electron chi connectivity index (χ4n) is 2.13. The van der Waals surface area contributed by atoms with Crippen molar-refractivity contribution in [3.63, 3.8) is 0 Å². The van der Waals surface area contributed by atoms with Gasteiger partial charge in [-0.05, 0) is 35.7 Å². The zero-order valence-corrected chi connectivity index (χ0v) is 14.4. The molecule has 1 heterocycles. The summed E-state index contributed by atoms with van der Waals surface area (Å²) in [6.07, 6.45) is 0. The van der Waals surface area contributed by atoms with Gasteiger partial charge in [0.2, 0.25) is 0 Å². The first-order valence-corrected chi connectivity index (χ1v) is 9.28. The van der Waals surface area contributed by atoms with E-state index in [9.17, 15) is 27.3 Å². The number of benzene rings is 2. The van der Waals surface area contributed by atoms with E-state index in [-0.39, 0.29) is 17.0 Å². The number of hydrogen-bond donors (Lipinski definition) is 0. The Balaban J connectivity index is 2.06. The average Bonchev–Trinajstić information content (AvgIpc) is 3.11. The van der Waals surface area contributed by atoms with E-state index < -0.39 is 31.6 Å². The van der Waals surface area contributed by atoms with E-state index in [1.54, 1.807) is 17.5 Å². The SMILES string of the molecule is O=[N+]([O-])c1ccc(OS(=O)(=O)c2ccc(F)c(F)c2)c(-c2cccs2)c1. The molecule has 0 N–H and O–H groups in total. The van der Waals surface area contributed by atoms with Gasteiger partial charge in [0, 0.05) is 22.6 Å². The Morgan fingerprint density at radius 1 is 1.04 bits per heavy atom. The molecule has 0 aliphatic heterocycles. The van der Waals surface area contributed by atoms with Crippen molar-refractivity contribution >= 4 is 27.1 Å². The van der Waals surface area contributed by atoms with Gasteiger partial charge in [0.15, 0.2) is 17.4 Å². The monoisotopic (exact) mass is 397 g/mol. The lowest BCUT2D eigenvalue weighted by atomic mass is 10.1. The number of thiophene rings is 1. The minimum atomic E-state index is -4.47. The Morgan fingerprint density at radius 3 is 2.42 bits per heavy atom. The van der Waals surface area contributed by atoms with Gasteiger partial charge in [-0.25, -0.2) is 8.78 Å². The third-order valence-corrected chi connectivity index (χ3v) is 5.47. The van der Waals surface area contributed by atoms with Gasteiger partial charge >= 0.3 is 10.1 Å². The topological polar surface area (TPSA) is 86.5 Å². The molecule has 1 aromatic heterocycles. The normalized spacial score (nSPS) is 11.3. The molecule has 0 aliphatic carbocycles. The summed E-state index contributed by atoms with van der Waals surface area (Å²) in [6, 6.07) is 8.78. The fraction of sp³-hybridized carbons (Fsp3) is 0. The van der Waals surface area contributed by atoms with E-state index in [2.05, 4.69) is 0 Å². The average molecular weight is 397 g/mol. The largest absolute Gasteiger partial charge is 0.378 e. The van der Waals surface area contributed by atoms with E-state index in [0.29, 0.717) is 17.0 Å². The summed E-state index contributed by atoms with van der Waals surface area (Å²) in [5.74, 6) is -2.70. The molecule has 0 amide bonds. The van der Waals surface area contributed by atoms with Crippen LogP contribution >= 0.6 is 11.3 Å². The minimum absolute atomic E-state index is 0.164. The van der Waals surface area contributed by atoms with Gasteiger partial charge in [-0.2, -0.15) is 8.42 Å². The zero-order chi connectivity index (χ0) is 18.9. The molecule has 0 saturated carbocycles. The molecule has 134 valence electrons. The van der Waals surface area contributed by atoms with Crippen molar-refractivity contribution in [3.8, 4) is 16.2 Å². The molecule has 3 rings (SSSR count). The van der Waals surface area contributed by atoms with Crippen LogP contribution in [0, 0.1) is 21.7 Å². The standard InChI is InChI=1S/C16H9F2NO5S2/c17-13-5-4-11(9-14(13)18)26(22,23)24-15-6-3-10(19(20)21)8-12(15)16-2-1-7-25-16/h1-9H. The molecule has 0 spiro atoms. The van der Waals surface area contributed by atoms with Crippen molar-refractivity contribution in [1.29, 1.82) is 0 Å². The summed E-state index contributed by atoms with van der Waals surface area (Å²) < 4.78 is 56.1. The van der Waals surface area contributed by atoms with Gasteiger partial charge in [0.05, 0.1) is 4.92 Å². The summed E-state index contributed by atoms with van der Waals surface area (Å²) >= 11 is 1.23. The Hall–Kier alpha value is -2.85. The van der Waals surface area contributed by atoms with Gasteiger partial charge in [0.1, 0.15) is 4.90 Å². The second-order valence-corrected chi connectivity index (χ2v) is 7.52. The molecule has 0 radical (unpaired) electrons. The summed E-state index contributed by atoms with van der Waals surface area (Å²) in [5, 5.41) is 12.7. The third kappa shape index (κ3) is 3.55. The predicted octanol–water partition coefficient (Wildman–Crippen LogP) is 4.37. The van der Waals surface area contributed by atoms with Gasteiger partial charge in [-0.3, -0.25) is 10.1 Å². The van der Waals surface area contributed by atoms with E-state index in [1.165, 1.54) is 17.4 Å². The second-order valence-electron chi connectivity index (χ2n) is 5.03. The number of nitrogens with zero attached hydrogens (tertiary/aromatic N) is 1. The van der Waals surface area contributed by atoms with Crippen LogP contribution in [0.1, 0.15) is 0 Å². The van der Waals surface area contributed by atoms with Crippen LogP contribution in [-0.4, -0.2) is 13.3 Å². The number of halogens is 2. The Labute approximate surface area is 150 Å². The molecule has 0 aliphatic rings. The number of nitro groups is 1. The maximum Gasteiger partial charge on any atom is 0.339 e. The van der Waals surface area contributed by atoms with Crippen LogP contribution in [-0.2, 0) is 10.1 Å². The molecule has 10 heteroatoms. The van der Waals surface area contributed by atoms with Gasteiger partial charge in [0.25, 0.3) is 5.69 Å². The van der Waals surface area contributed by atoms with E-state index in [0.717, 1.165) is 18.2 Å². The van der Waals surface area contributed by atoms with Gasteiger partial charge < -0.3 is 4.18 Å². The summed E-state index contributed by atoms with van der Waals surface area (Å²) in [4.78, 5) is 10.3. The lowest BCUT2D eigenvalue weighted by Crippen LogP contribution is -2.11. The van der Waals surface area contributed by atoms with Gasteiger partial charge in [-0.15, -0.1) is 11.3 Å². The highest BCUT2D eigenvalue weighted by Gasteiger charge is 2.22. The molecule has 0 atom stereocenters. The molecule has 0 saturated heterocycles. The maximum absolute atomic E-state index is 13.3. The number of hydrogen-bond acceptors (Lipinski definition) is 6. The van der Waals surface area contributed by atoms with E-state index in [4.69, 9.17) is 4.18 Å². The first kappa shape index (κ1) is 18.0. The highest BCUT2D eigenvalue weighted by molar-refractivity contribution is 7.87. The Bertz CT molecular complexity index is 1080. The molecular formula is C16H9F2NO5S2. The van der Waals surface area contributed by atoms with Gasteiger partial charge in [-0.1, -0.05) is 6.07 Å². The quantitative estimate of drug-likeness (QED) is 0.362. The Morgan fingerprint density at radius 2 is 1.81 bits per heavy atom. The van der Waals surface area contributed by atoms with Crippen LogP contribution in [0.15, 0.2) is 58.8 Å². The smallest absolute Gasteiger partial charge is 0.339 e. The lowest BCUT2D eigenvalue weighted by Gasteiger charge is -2.11. The predicted molar refractivity (Wildman–Crippen MR) is 90.6 cm³/mol. The summed E-state index contributed by atoms with van der Waals surface area (Å²) in [7, 11) is -4.47. The fourth-order valence-corrected chi connectivity index (χ4v) is 3.84. The van der Waals surface area contributed by atoms with Crippen molar-refractivity contribution in [1.82, 2.24) is 0 Å². The Kier molecular flexibility index (Phi) is 4.70. The van der Waals surface area contributed by atoms with Crippen molar-refractivity contribution in [2.24, 2.45) is 0 Å². The number of non-ortho nitro benzene ring substituents is 1. The van der Waals surface area contributed by atoms with Crippen LogP contribution in [0.4, 0.5) is 14.5 Å². The highest BCUT2D eigenvalue weighted by Crippen LogP contribution is 2.37. The maximum atomic E-state index is 13.3. The molecule has 0 fully saturated rings. The molecule has 2 aromatic carbocycles. The van der Waals surface area contributed by atoms with Crippen molar-refractivity contribution in [2.45, 2.75) is 4.90 Å².